The minimum Gasteiger partial charge on any atom is -0.481 e. The standard InChI is InChI=1S/C18H20FN3O2/c1-24-16-10-13(6-9-20-16)11-21-17(23)22-12-18(7-8-18)14-2-4-15(19)5-3-14/h2-6,9-10H,7-8,11-12H2,1H3,(H2,21,22,23). The zero-order valence-electron chi connectivity index (χ0n) is 13.5. The molecule has 0 bridgehead atoms. The van der Waals surface area contributed by atoms with Gasteiger partial charge in [-0.15, -0.1) is 0 Å². The van der Waals surface area contributed by atoms with Crippen molar-refractivity contribution in [1.82, 2.24) is 15.6 Å². The smallest absolute Gasteiger partial charge is 0.315 e. The number of halogens is 1. The molecule has 3 rings (SSSR count). The van der Waals surface area contributed by atoms with Gasteiger partial charge >= 0.3 is 6.03 Å². The molecule has 1 aliphatic carbocycles. The molecule has 1 aromatic carbocycles. The number of benzene rings is 1. The summed E-state index contributed by atoms with van der Waals surface area (Å²) in [5.41, 5.74) is 1.94. The van der Waals surface area contributed by atoms with Crippen LogP contribution in [0.1, 0.15) is 24.0 Å². The van der Waals surface area contributed by atoms with Gasteiger partial charge in [0, 0.05) is 30.8 Å². The van der Waals surface area contributed by atoms with Gasteiger partial charge in [-0.25, -0.2) is 14.2 Å². The van der Waals surface area contributed by atoms with Gasteiger partial charge < -0.3 is 15.4 Å². The SMILES string of the molecule is COc1cc(CNC(=O)NCC2(c3ccc(F)cc3)CC2)ccn1. The van der Waals surface area contributed by atoms with Gasteiger partial charge in [-0.1, -0.05) is 12.1 Å². The van der Waals surface area contributed by atoms with Crippen LogP contribution in [-0.2, 0) is 12.0 Å². The van der Waals surface area contributed by atoms with E-state index in [9.17, 15) is 9.18 Å². The summed E-state index contributed by atoms with van der Waals surface area (Å²) in [5, 5.41) is 5.72. The molecule has 126 valence electrons. The molecule has 2 aromatic rings. The summed E-state index contributed by atoms with van der Waals surface area (Å²) in [6.45, 7) is 0.943. The zero-order valence-corrected chi connectivity index (χ0v) is 13.5. The van der Waals surface area contributed by atoms with Gasteiger partial charge in [0.25, 0.3) is 0 Å². The molecule has 6 heteroatoms. The molecule has 24 heavy (non-hydrogen) atoms. The van der Waals surface area contributed by atoms with Crippen molar-refractivity contribution < 1.29 is 13.9 Å². The third kappa shape index (κ3) is 3.82. The Balaban J connectivity index is 1.49. The number of aromatic nitrogens is 1. The molecule has 0 spiro atoms. The first-order valence-electron chi connectivity index (χ1n) is 7.88. The van der Waals surface area contributed by atoms with Crippen molar-refractivity contribution in [2.75, 3.05) is 13.7 Å². The Bertz CT molecular complexity index is 714. The second-order valence-corrected chi connectivity index (χ2v) is 6.03. The molecule has 1 aromatic heterocycles. The number of nitrogens with zero attached hydrogens (tertiary/aromatic N) is 1. The third-order valence-electron chi connectivity index (χ3n) is 4.36. The molecular weight excluding hydrogens is 309 g/mol. The number of urea groups is 1. The number of hydrogen-bond acceptors (Lipinski definition) is 3. The molecule has 2 amide bonds. The third-order valence-corrected chi connectivity index (χ3v) is 4.36. The van der Waals surface area contributed by atoms with E-state index < -0.39 is 0 Å². The lowest BCUT2D eigenvalue weighted by atomic mass is 9.96. The summed E-state index contributed by atoms with van der Waals surface area (Å²) in [4.78, 5) is 16.0. The number of amides is 2. The molecular formula is C18H20FN3O2. The highest BCUT2D eigenvalue weighted by Gasteiger charge is 2.44. The Morgan fingerprint density at radius 2 is 2.00 bits per heavy atom. The molecule has 5 nitrogen and oxygen atoms in total. The quantitative estimate of drug-likeness (QED) is 0.856. The van der Waals surface area contributed by atoms with E-state index in [1.54, 1.807) is 31.5 Å². The van der Waals surface area contributed by atoms with Gasteiger partial charge in [-0.3, -0.25) is 0 Å². The van der Waals surface area contributed by atoms with Crippen LogP contribution in [0.4, 0.5) is 9.18 Å². The maximum Gasteiger partial charge on any atom is 0.315 e. The number of rotatable bonds is 6. The summed E-state index contributed by atoms with van der Waals surface area (Å²) in [6, 6.07) is 9.90. The molecule has 1 fully saturated rings. The van der Waals surface area contributed by atoms with Gasteiger partial charge in [0.1, 0.15) is 5.82 Å². The average molecular weight is 329 g/mol. The van der Waals surface area contributed by atoms with Gasteiger partial charge in [0.15, 0.2) is 0 Å². The number of carbonyl (C=O) groups is 1. The molecule has 0 unspecified atom stereocenters. The molecule has 2 N–H and O–H groups in total. The van der Waals surface area contributed by atoms with Crippen molar-refractivity contribution in [1.29, 1.82) is 0 Å². The maximum atomic E-state index is 13.0. The number of carbonyl (C=O) groups excluding carboxylic acids is 1. The number of nitrogens with one attached hydrogen (secondary N) is 2. The summed E-state index contributed by atoms with van der Waals surface area (Å²) in [7, 11) is 1.55. The molecule has 0 atom stereocenters. The van der Waals surface area contributed by atoms with Gasteiger partial charge in [-0.2, -0.15) is 0 Å². The van der Waals surface area contributed by atoms with Crippen LogP contribution in [0.15, 0.2) is 42.6 Å². The molecule has 0 radical (unpaired) electrons. The predicted octanol–water partition coefficient (Wildman–Crippen LogP) is 2.76. The first-order chi connectivity index (χ1) is 11.6. The summed E-state index contributed by atoms with van der Waals surface area (Å²) in [6.07, 6.45) is 3.64. The van der Waals surface area contributed by atoms with E-state index in [4.69, 9.17) is 4.74 Å². The van der Waals surface area contributed by atoms with E-state index in [2.05, 4.69) is 15.6 Å². The van der Waals surface area contributed by atoms with Gasteiger partial charge in [0.2, 0.25) is 5.88 Å². The van der Waals surface area contributed by atoms with E-state index in [1.165, 1.54) is 12.1 Å². The van der Waals surface area contributed by atoms with E-state index in [0.717, 1.165) is 24.0 Å². The molecule has 1 heterocycles. The van der Waals surface area contributed by atoms with E-state index in [1.807, 2.05) is 6.07 Å². The monoisotopic (exact) mass is 329 g/mol. The lowest BCUT2D eigenvalue weighted by Gasteiger charge is -2.17. The summed E-state index contributed by atoms with van der Waals surface area (Å²) in [5.74, 6) is 0.274. The van der Waals surface area contributed by atoms with Crippen LogP contribution in [0.3, 0.4) is 0 Å². The summed E-state index contributed by atoms with van der Waals surface area (Å²) < 4.78 is 18.1. The van der Waals surface area contributed by atoms with E-state index >= 15 is 0 Å². The Morgan fingerprint density at radius 3 is 2.67 bits per heavy atom. The highest BCUT2D eigenvalue weighted by Crippen LogP contribution is 2.47. The van der Waals surface area contributed by atoms with Crippen LogP contribution >= 0.6 is 0 Å². The molecule has 0 saturated heterocycles. The van der Waals surface area contributed by atoms with Gasteiger partial charge in [0.05, 0.1) is 7.11 Å². The number of methoxy groups -OCH3 is 1. The first kappa shape index (κ1) is 16.2. The van der Waals surface area contributed by atoms with Crippen molar-refractivity contribution in [2.24, 2.45) is 0 Å². The van der Waals surface area contributed by atoms with Crippen molar-refractivity contribution in [3.63, 3.8) is 0 Å². The van der Waals surface area contributed by atoms with Crippen molar-refractivity contribution in [2.45, 2.75) is 24.8 Å². The van der Waals surface area contributed by atoms with Crippen LogP contribution in [0.2, 0.25) is 0 Å². The molecule has 0 aliphatic heterocycles. The highest BCUT2D eigenvalue weighted by molar-refractivity contribution is 5.74. The van der Waals surface area contributed by atoms with Crippen molar-refractivity contribution >= 4 is 6.03 Å². The Kier molecular flexibility index (Phi) is 4.64. The van der Waals surface area contributed by atoms with E-state index in [0.29, 0.717) is 19.0 Å². The van der Waals surface area contributed by atoms with Crippen LogP contribution in [0.5, 0.6) is 5.88 Å². The first-order valence-corrected chi connectivity index (χ1v) is 7.88. The normalized spacial score (nSPS) is 14.8. The fourth-order valence-electron chi connectivity index (χ4n) is 2.69. The van der Waals surface area contributed by atoms with Crippen LogP contribution in [-0.4, -0.2) is 24.7 Å². The van der Waals surface area contributed by atoms with Gasteiger partial charge in [-0.05, 0) is 42.2 Å². The Labute approximate surface area is 140 Å². The largest absolute Gasteiger partial charge is 0.481 e. The minimum absolute atomic E-state index is 0.0507. The van der Waals surface area contributed by atoms with Crippen LogP contribution < -0.4 is 15.4 Å². The molecule has 1 aliphatic rings. The summed E-state index contributed by atoms with van der Waals surface area (Å²) >= 11 is 0. The van der Waals surface area contributed by atoms with Crippen LogP contribution in [0.25, 0.3) is 0 Å². The number of pyridine rings is 1. The molecule has 1 saturated carbocycles. The fraction of sp³-hybridized carbons (Fsp3) is 0.333. The maximum absolute atomic E-state index is 13.0. The zero-order chi connectivity index (χ0) is 17.0. The highest BCUT2D eigenvalue weighted by atomic mass is 19.1. The lowest BCUT2D eigenvalue weighted by Crippen LogP contribution is -2.39. The van der Waals surface area contributed by atoms with E-state index in [-0.39, 0.29) is 17.3 Å². The average Bonchev–Trinajstić information content (AvgIpc) is 3.40. The predicted molar refractivity (Wildman–Crippen MR) is 88.3 cm³/mol. The minimum atomic E-state index is -0.243. The topological polar surface area (TPSA) is 63.2 Å². The Morgan fingerprint density at radius 1 is 1.25 bits per heavy atom. The lowest BCUT2D eigenvalue weighted by molar-refractivity contribution is 0.239. The second kappa shape index (κ2) is 6.86. The van der Waals surface area contributed by atoms with Crippen LogP contribution in [0, 0.1) is 5.82 Å². The number of ether oxygens (including phenoxy) is 1. The fourth-order valence-corrected chi connectivity index (χ4v) is 2.69. The number of hydrogen-bond donors (Lipinski definition) is 2. The second-order valence-electron chi connectivity index (χ2n) is 6.03. The van der Waals surface area contributed by atoms with Crippen molar-refractivity contribution in [3.8, 4) is 5.88 Å². The Hall–Kier alpha value is -2.63. The van der Waals surface area contributed by atoms with Crippen molar-refractivity contribution in [3.05, 3.63) is 59.5 Å².